The molecule has 1 fully saturated rings. The van der Waals surface area contributed by atoms with Crippen LogP contribution in [0.4, 0.5) is 24.5 Å². The minimum Gasteiger partial charge on any atom is -0.497 e. The van der Waals surface area contributed by atoms with Gasteiger partial charge in [0, 0.05) is 37.9 Å². The third kappa shape index (κ3) is 6.27. The van der Waals surface area contributed by atoms with Gasteiger partial charge in [0.15, 0.2) is 0 Å². The summed E-state index contributed by atoms with van der Waals surface area (Å²) in [5, 5.41) is 0. The van der Waals surface area contributed by atoms with Crippen LogP contribution in [-0.2, 0) is 21.0 Å². The Morgan fingerprint density at radius 3 is 2.27 bits per heavy atom. The molecule has 0 radical (unpaired) electrons. The van der Waals surface area contributed by atoms with Crippen molar-refractivity contribution in [1.82, 2.24) is 4.90 Å². The second kappa shape index (κ2) is 11.7. The Balaban J connectivity index is 1.58. The smallest absolute Gasteiger partial charge is 0.416 e. The number of alkyl halides is 3. The topological polar surface area (TPSA) is 79.4 Å². The minimum atomic E-state index is -4.46. The molecule has 0 atom stereocenters. The van der Waals surface area contributed by atoms with Gasteiger partial charge < -0.3 is 19.3 Å². The molecule has 1 heterocycles. The Morgan fingerprint density at radius 1 is 0.925 bits per heavy atom. The van der Waals surface area contributed by atoms with Gasteiger partial charge in [-0.3, -0.25) is 9.10 Å². The zero-order chi connectivity index (χ0) is 29.1. The van der Waals surface area contributed by atoms with Crippen LogP contribution in [-0.4, -0.2) is 66.2 Å². The molecule has 0 spiro atoms. The minimum absolute atomic E-state index is 0.0833. The number of aryl methyl sites for hydroxylation is 1. The number of methoxy groups -OCH3 is 2. The number of piperazine rings is 1. The molecule has 1 aliphatic rings. The van der Waals surface area contributed by atoms with Crippen LogP contribution in [0, 0.1) is 6.92 Å². The van der Waals surface area contributed by atoms with Crippen molar-refractivity contribution in [3.63, 3.8) is 0 Å². The van der Waals surface area contributed by atoms with E-state index in [-0.39, 0.29) is 29.4 Å². The molecule has 1 saturated heterocycles. The highest BCUT2D eigenvalue weighted by molar-refractivity contribution is 7.93. The summed E-state index contributed by atoms with van der Waals surface area (Å²) in [7, 11) is -1.44. The molecule has 4 rings (SSSR count). The number of halogens is 3. The maximum absolute atomic E-state index is 14.0. The number of rotatable bonds is 8. The molecule has 0 saturated carbocycles. The molecule has 1 amide bonds. The van der Waals surface area contributed by atoms with Crippen LogP contribution in [0.5, 0.6) is 11.5 Å². The molecule has 0 unspecified atom stereocenters. The molecule has 3 aromatic rings. The average molecular weight is 578 g/mol. The predicted molar refractivity (Wildman–Crippen MR) is 145 cm³/mol. The maximum Gasteiger partial charge on any atom is 0.416 e. The van der Waals surface area contributed by atoms with Crippen molar-refractivity contribution in [2.75, 3.05) is 56.1 Å². The third-order valence-electron chi connectivity index (χ3n) is 6.68. The van der Waals surface area contributed by atoms with Gasteiger partial charge in [-0.05, 0) is 55.0 Å². The Labute approximate surface area is 231 Å². The normalized spacial score (nSPS) is 14.2. The average Bonchev–Trinajstić information content (AvgIpc) is 2.95. The summed E-state index contributed by atoms with van der Waals surface area (Å²) in [5.41, 5.74) is 0.601. The highest BCUT2D eigenvalue weighted by Gasteiger charge is 2.34. The van der Waals surface area contributed by atoms with Crippen molar-refractivity contribution in [3.05, 3.63) is 77.9 Å². The number of carbonyl (C=O) groups is 1. The van der Waals surface area contributed by atoms with E-state index >= 15 is 0 Å². The van der Waals surface area contributed by atoms with Crippen molar-refractivity contribution >= 4 is 27.3 Å². The van der Waals surface area contributed by atoms with E-state index < -0.39 is 34.2 Å². The summed E-state index contributed by atoms with van der Waals surface area (Å²) in [6.07, 6.45) is -4.46. The monoisotopic (exact) mass is 577 g/mol. The number of ether oxygens (including phenoxy) is 2. The number of nitrogens with zero attached hydrogens (tertiary/aromatic N) is 3. The van der Waals surface area contributed by atoms with Crippen LogP contribution in [0.2, 0.25) is 0 Å². The van der Waals surface area contributed by atoms with Gasteiger partial charge in [0.1, 0.15) is 22.9 Å². The van der Waals surface area contributed by atoms with Crippen LogP contribution in [0.3, 0.4) is 0 Å². The van der Waals surface area contributed by atoms with Crippen LogP contribution in [0.15, 0.2) is 71.6 Å². The fourth-order valence-electron chi connectivity index (χ4n) is 4.50. The molecule has 0 aromatic heterocycles. The second-order valence-corrected chi connectivity index (χ2v) is 11.1. The lowest BCUT2D eigenvalue weighted by Crippen LogP contribution is -2.52. The molecular formula is C28H30F3N3O5S. The zero-order valence-electron chi connectivity index (χ0n) is 22.3. The Kier molecular flexibility index (Phi) is 8.48. The summed E-state index contributed by atoms with van der Waals surface area (Å²) in [6, 6.07) is 16.2. The van der Waals surface area contributed by atoms with Gasteiger partial charge in [0.05, 0.1) is 25.5 Å². The fraction of sp³-hybridized carbons (Fsp3) is 0.321. The van der Waals surface area contributed by atoms with E-state index in [4.69, 9.17) is 9.47 Å². The number of amides is 1. The number of sulfonamides is 1. The molecule has 1 aliphatic heterocycles. The molecule has 214 valence electrons. The third-order valence-corrected chi connectivity index (χ3v) is 8.47. The molecular weight excluding hydrogens is 547 g/mol. The van der Waals surface area contributed by atoms with Gasteiger partial charge in [-0.15, -0.1) is 0 Å². The van der Waals surface area contributed by atoms with Crippen LogP contribution in [0.1, 0.15) is 11.1 Å². The first-order valence-electron chi connectivity index (χ1n) is 12.5. The summed E-state index contributed by atoms with van der Waals surface area (Å²) < 4.78 is 79.0. The summed E-state index contributed by atoms with van der Waals surface area (Å²) in [6.45, 7) is 2.29. The van der Waals surface area contributed by atoms with E-state index in [0.717, 1.165) is 16.4 Å². The van der Waals surface area contributed by atoms with Crippen molar-refractivity contribution in [2.45, 2.75) is 18.0 Å². The SMILES string of the molecule is COc1cccc(N(CC(=O)N2CCN(c3cccc(C(F)(F)F)c3)CC2)S(=O)(=O)c2cc(C)ccc2OC)c1. The molecule has 8 nitrogen and oxygen atoms in total. The number of hydrogen-bond donors (Lipinski definition) is 0. The van der Waals surface area contributed by atoms with Crippen LogP contribution < -0.4 is 18.7 Å². The number of benzene rings is 3. The Bertz CT molecular complexity index is 1470. The van der Waals surface area contributed by atoms with Crippen molar-refractivity contribution in [2.24, 2.45) is 0 Å². The lowest BCUT2D eigenvalue weighted by atomic mass is 10.1. The first-order chi connectivity index (χ1) is 18.9. The van der Waals surface area contributed by atoms with Crippen LogP contribution in [0.25, 0.3) is 0 Å². The molecule has 0 bridgehead atoms. The number of carbonyl (C=O) groups excluding carboxylic acids is 1. The maximum atomic E-state index is 14.0. The molecule has 3 aromatic carbocycles. The van der Waals surface area contributed by atoms with E-state index in [9.17, 15) is 26.4 Å². The Morgan fingerprint density at radius 2 is 1.62 bits per heavy atom. The standard InChI is InChI=1S/C28H30F3N3O5S/c1-20-10-11-25(39-3)26(16-20)40(36,37)34(23-8-5-9-24(18-23)38-2)19-27(35)33-14-12-32(13-15-33)22-7-4-6-21(17-22)28(29,30)31/h4-11,16-18H,12-15,19H2,1-3H3. The molecule has 0 aliphatic carbocycles. The molecule has 12 heteroatoms. The van der Waals surface area contributed by atoms with Crippen molar-refractivity contribution in [3.8, 4) is 11.5 Å². The van der Waals surface area contributed by atoms with Crippen molar-refractivity contribution in [1.29, 1.82) is 0 Å². The van der Waals surface area contributed by atoms with Gasteiger partial charge in [-0.25, -0.2) is 8.42 Å². The van der Waals surface area contributed by atoms with Gasteiger partial charge in [-0.1, -0.05) is 18.2 Å². The summed E-state index contributed by atoms with van der Waals surface area (Å²) in [4.78, 5) is 16.7. The summed E-state index contributed by atoms with van der Waals surface area (Å²) >= 11 is 0. The van der Waals surface area contributed by atoms with Gasteiger partial charge in [0.2, 0.25) is 5.91 Å². The largest absolute Gasteiger partial charge is 0.497 e. The molecule has 40 heavy (non-hydrogen) atoms. The first-order valence-corrected chi connectivity index (χ1v) is 13.9. The second-order valence-electron chi connectivity index (χ2n) is 9.28. The van der Waals surface area contributed by atoms with E-state index in [1.165, 1.54) is 37.3 Å². The van der Waals surface area contributed by atoms with E-state index in [2.05, 4.69) is 0 Å². The van der Waals surface area contributed by atoms with Gasteiger partial charge in [0.25, 0.3) is 10.0 Å². The lowest BCUT2D eigenvalue weighted by molar-refractivity contribution is -0.137. The van der Waals surface area contributed by atoms with Gasteiger partial charge in [-0.2, -0.15) is 13.2 Å². The van der Waals surface area contributed by atoms with Gasteiger partial charge >= 0.3 is 6.18 Å². The lowest BCUT2D eigenvalue weighted by Gasteiger charge is -2.37. The highest BCUT2D eigenvalue weighted by atomic mass is 32.2. The van der Waals surface area contributed by atoms with Crippen molar-refractivity contribution < 1.29 is 35.9 Å². The number of hydrogen-bond acceptors (Lipinski definition) is 6. The molecule has 0 N–H and O–H groups in total. The highest BCUT2D eigenvalue weighted by Crippen LogP contribution is 2.33. The fourth-order valence-corrected chi connectivity index (χ4v) is 6.15. The van der Waals surface area contributed by atoms with E-state index in [1.807, 2.05) is 0 Å². The quantitative estimate of drug-likeness (QED) is 0.390. The van der Waals surface area contributed by atoms with Crippen LogP contribution >= 0.6 is 0 Å². The number of anilines is 2. The zero-order valence-corrected chi connectivity index (χ0v) is 23.1. The van der Waals surface area contributed by atoms with E-state index in [0.29, 0.717) is 30.1 Å². The predicted octanol–water partition coefficient (Wildman–Crippen LogP) is 4.58. The summed E-state index contributed by atoms with van der Waals surface area (Å²) in [5.74, 6) is 0.110. The van der Waals surface area contributed by atoms with E-state index in [1.54, 1.807) is 48.2 Å². The Hall–Kier alpha value is -3.93. The first kappa shape index (κ1) is 29.1.